The van der Waals surface area contributed by atoms with Crippen molar-refractivity contribution in [3.63, 3.8) is 0 Å². The average molecular weight is 353 g/mol. The van der Waals surface area contributed by atoms with Gasteiger partial charge in [0.05, 0.1) is 4.90 Å². The molecule has 23 heavy (non-hydrogen) atoms. The lowest BCUT2D eigenvalue weighted by Crippen LogP contribution is -2.49. The summed E-state index contributed by atoms with van der Waals surface area (Å²) in [4.78, 5) is 2.31. The number of benzene rings is 1. The molecule has 1 aliphatic rings. The summed E-state index contributed by atoms with van der Waals surface area (Å²) in [6, 6.07) is 8.63. The molecule has 0 bridgehead atoms. The molecule has 8 heteroatoms. The van der Waals surface area contributed by atoms with Crippen LogP contribution in [-0.4, -0.2) is 49.1 Å². The molecular formula is C15H17ClN4O2S. The number of anilines is 1. The van der Waals surface area contributed by atoms with Gasteiger partial charge in [-0.3, -0.25) is 0 Å². The lowest BCUT2D eigenvalue weighted by Gasteiger charge is -2.34. The van der Waals surface area contributed by atoms with Gasteiger partial charge in [0.15, 0.2) is 5.82 Å². The Morgan fingerprint density at radius 3 is 2.52 bits per heavy atom. The van der Waals surface area contributed by atoms with Crippen molar-refractivity contribution in [3.05, 3.63) is 47.1 Å². The number of nitrogens with zero attached hydrogens (tertiary/aromatic N) is 4. The van der Waals surface area contributed by atoms with Gasteiger partial charge in [0.25, 0.3) is 0 Å². The smallest absolute Gasteiger partial charge is 0.243 e. The fraction of sp³-hybridized carbons (Fsp3) is 0.333. The predicted molar refractivity (Wildman–Crippen MR) is 89.2 cm³/mol. The van der Waals surface area contributed by atoms with E-state index in [1.165, 1.54) is 10.4 Å². The molecule has 1 aromatic heterocycles. The zero-order valence-corrected chi connectivity index (χ0v) is 14.3. The first-order valence-electron chi connectivity index (χ1n) is 7.27. The molecule has 6 nitrogen and oxygen atoms in total. The third-order valence-corrected chi connectivity index (χ3v) is 6.16. The molecule has 2 aromatic rings. The molecule has 0 amide bonds. The first kappa shape index (κ1) is 16.2. The van der Waals surface area contributed by atoms with Crippen molar-refractivity contribution < 1.29 is 8.42 Å². The molecule has 3 rings (SSSR count). The SMILES string of the molecule is Cc1ccc(Cl)cc1S(=O)(=O)N1CCN(c2cccnn2)CC1. The van der Waals surface area contributed by atoms with Crippen LogP contribution in [0.5, 0.6) is 0 Å². The van der Waals surface area contributed by atoms with Crippen molar-refractivity contribution in [2.45, 2.75) is 11.8 Å². The summed E-state index contributed by atoms with van der Waals surface area (Å²) in [6.07, 6.45) is 1.62. The van der Waals surface area contributed by atoms with Gasteiger partial charge < -0.3 is 4.90 Å². The zero-order chi connectivity index (χ0) is 16.4. The van der Waals surface area contributed by atoms with Crippen LogP contribution in [-0.2, 0) is 10.0 Å². The summed E-state index contributed by atoms with van der Waals surface area (Å²) in [7, 11) is -3.53. The summed E-state index contributed by atoms with van der Waals surface area (Å²) >= 11 is 5.96. The normalized spacial score (nSPS) is 16.5. The maximum Gasteiger partial charge on any atom is 0.243 e. The number of rotatable bonds is 3. The van der Waals surface area contributed by atoms with Gasteiger partial charge in [-0.2, -0.15) is 9.40 Å². The van der Waals surface area contributed by atoms with E-state index in [0.717, 1.165) is 5.82 Å². The lowest BCUT2D eigenvalue weighted by atomic mass is 10.2. The largest absolute Gasteiger partial charge is 0.352 e. The fourth-order valence-electron chi connectivity index (χ4n) is 2.61. The van der Waals surface area contributed by atoms with Crippen molar-refractivity contribution >= 4 is 27.4 Å². The van der Waals surface area contributed by atoms with Crippen molar-refractivity contribution in [1.82, 2.24) is 14.5 Å². The number of sulfonamides is 1. The summed E-state index contributed by atoms with van der Waals surface area (Å²) in [5.41, 5.74) is 0.700. The molecule has 0 N–H and O–H groups in total. The molecule has 122 valence electrons. The minimum atomic E-state index is -3.53. The van der Waals surface area contributed by atoms with Crippen LogP contribution in [0.15, 0.2) is 41.4 Å². The van der Waals surface area contributed by atoms with Crippen LogP contribution in [0.3, 0.4) is 0 Å². The van der Waals surface area contributed by atoms with E-state index >= 15 is 0 Å². The molecule has 1 saturated heterocycles. The van der Waals surface area contributed by atoms with Crippen LogP contribution in [0.2, 0.25) is 5.02 Å². The molecule has 1 fully saturated rings. The third kappa shape index (κ3) is 3.31. The van der Waals surface area contributed by atoms with Crippen molar-refractivity contribution in [1.29, 1.82) is 0 Å². The monoisotopic (exact) mass is 352 g/mol. The van der Waals surface area contributed by atoms with E-state index < -0.39 is 10.0 Å². The Kier molecular flexibility index (Phi) is 4.52. The molecule has 1 aliphatic heterocycles. The molecule has 0 radical (unpaired) electrons. The molecule has 1 aromatic carbocycles. The predicted octanol–water partition coefficient (Wildman–Crippen LogP) is 1.95. The number of halogens is 1. The minimum absolute atomic E-state index is 0.276. The molecule has 0 atom stereocenters. The van der Waals surface area contributed by atoms with E-state index in [1.54, 1.807) is 25.3 Å². The quantitative estimate of drug-likeness (QED) is 0.844. The molecule has 0 aliphatic carbocycles. The van der Waals surface area contributed by atoms with Crippen LogP contribution in [0.1, 0.15) is 5.56 Å². The summed E-state index contributed by atoms with van der Waals surface area (Å²) in [6.45, 7) is 3.75. The maximum absolute atomic E-state index is 12.8. The Balaban J connectivity index is 1.78. The highest BCUT2D eigenvalue weighted by Gasteiger charge is 2.30. The first-order valence-corrected chi connectivity index (χ1v) is 9.09. The first-order chi connectivity index (χ1) is 11.0. The van der Waals surface area contributed by atoms with Gasteiger partial charge >= 0.3 is 0 Å². The Morgan fingerprint density at radius 2 is 1.87 bits per heavy atom. The number of hydrogen-bond donors (Lipinski definition) is 0. The number of piperazine rings is 1. The molecule has 0 unspecified atom stereocenters. The highest BCUT2D eigenvalue weighted by Crippen LogP contribution is 2.25. The second kappa shape index (κ2) is 6.43. The average Bonchev–Trinajstić information content (AvgIpc) is 2.58. The minimum Gasteiger partial charge on any atom is -0.352 e. The van der Waals surface area contributed by atoms with Crippen molar-refractivity contribution in [3.8, 4) is 0 Å². The van der Waals surface area contributed by atoms with Crippen LogP contribution < -0.4 is 4.90 Å². The van der Waals surface area contributed by atoms with Gasteiger partial charge in [-0.1, -0.05) is 17.7 Å². The van der Waals surface area contributed by atoms with Gasteiger partial charge in [0.1, 0.15) is 0 Å². The highest BCUT2D eigenvalue weighted by atomic mass is 35.5. The van der Waals surface area contributed by atoms with Gasteiger partial charge in [-0.05, 0) is 36.8 Å². The number of aryl methyl sites for hydroxylation is 1. The number of aromatic nitrogens is 2. The van der Waals surface area contributed by atoms with Crippen LogP contribution in [0.25, 0.3) is 0 Å². The van der Waals surface area contributed by atoms with E-state index in [0.29, 0.717) is 36.8 Å². The van der Waals surface area contributed by atoms with Crippen LogP contribution >= 0.6 is 11.6 Å². The molecular weight excluding hydrogens is 336 g/mol. The van der Waals surface area contributed by atoms with Crippen molar-refractivity contribution in [2.75, 3.05) is 31.1 Å². The topological polar surface area (TPSA) is 66.4 Å². The third-order valence-electron chi connectivity index (χ3n) is 3.89. The second-order valence-electron chi connectivity index (χ2n) is 5.38. The zero-order valence-electron chi connectivity index (χ0n) is 12.7. The second-order valence-corrected chi connectivity index (χ2v) is 7.73. The Morgan fingerprint density at radius 1 is 1.13 bits per heavy atom. The molecule has 0 spiro atoms. The maximum atomic E-state index is 12.8. The Hall–Kier alpha value is -1.70. The van der Waals surface area contributed by atoms with Gasteiger partial charge in [-0.25, -0.2) is 8.42 Å². The summed E-state index contributed by atoms with van der Waals surface area (Å²) in [5.74, 6) is 0.767. The molecule has 0 saturated carbocycles. The Labute approximate surface area is 140 Å². The summed E-state index contributed by atoms with van der Waals surface area (Å²) in [5, 5.41) is 8.35. The summed E-state index contributed by atoms with van der Waals surface area (Å²) < 4.78 is 27.1. The van der Waals surface area contributed by atoms with Crippen LogP contribution in [0.4, 0.5) is 5.82 Å². The van der Waals surface area contributed by atoms with E-state index in [-0.39, 0.29) is 4.90 Å². The lowest BCUT2D eigenvalue weighted by molar-refractivity contribution is 0.383. The van der Waals surface area contributed by atoms with Gasteiger partial charge in [-0.15, -0.1) is 5.10 Å². The molecule has 2 heterocycles. The standard InChI is InChI=1S/C15H17ClN4O2S/c1-12-4-5-13(16)11-14(12)23(21,22)20-9-7-19(8-10-20)15-3-2-6-17-18-15/h2-6,11H,7-10H2,1H3. The Bertz CT molecular complexity index is 790. The van der Waals surface area contributed by atoms with Crippen molar-refractivity contribution in [2.24, 2.45) is 0 Å². The van der Waals surface area contributed by atoms with Crippen LogP contribution in [0, 0.1) is 6.92 Å². The fourth-order valence-corrected chi connectivity index (χ4v) is 4.52. The van der Waals surface area contributed by atoms with E-state index in [1.807, 2.05) is 17.0 Å². The van der Waals surface area contributed by atoms with E-state index in [2.05, 4.69) is 10.2 Å². The van der Waals surface area contributed by atoms with E-state index in [9.17, 15) is 8.42 Å². The number of hydrogen-bond acceptors (Lipinski definition) is 5. The highest BCUT2D eigenvalue weighted by molar-refractivity contribution is 7.89. The van der Waals surface area contributed by atoms with E-state index in [4.69, 9.17) is 11.6 Å². The van der Waals surface area contributed by atoms with Gasteiger partial charge in [0.2, 0.25) is 10.0 Å². The van der Waals surface area contributed by atoms with Gasteiger partial charge in [0, 0.05) is 37.4 Å².